The number of benzene rings is 1. The van der Waals surface area contributed by atoms with Gasteiger partial charge in [0.25, 0.3) is 0 Å². The zero-order valence-corrected chi connectivity index (χ0v) is 12.8. The molecular weight excluding hydrogens is 320 g/mol. The summed E-state index contributed by atoms with van der Waals surface area (Å²) in [5.74, 6) is 0.237. The van der Waals surface area contributed by atoms with E-state index in [1.165, 1.54) is 12.1 Å². The normalized spacial score (nSPS) is 30.5. The number of rotatable bonds is 3. The lowest BCUT2D eigenvalue weighted by molar-refractivity contribution is -0.277. The van der Waals surface area contributed by atoms with Gasteiger partial charge in [-0.1, -0.05) is 0 Å². The van der Waals surface area contributed by atoms with Crippen LogP contribution in [-0.4, -0.2) is 57.7 Å². The van der Waals surface area contributed by atoms with Crippen LogP contribution in [0.15, 0.2) is 33.5 Å². The fraction of sp³-hybridized carbons (Fsp3) is 0.438. The molecule has 1 aromatic carbocycles. The Morgan fingerprint density at radius 2 is 1.88 bits per heavy atom. The highest BCUT2D eigenvalue weighted by molar-refractivity contribution is 5.81. The van der Waals surface area contributed by atoms with Crippen LogP contribution < -0.4 is 10.4 Å². The van der Waals surface area contributed by atoms with Crippen LogP contribution >= 0.6 is 0 Å². The van der Waals surface area contributed by atoms with Gasteiger partial charge in [-0.2, -0.15) is 0 Å². The summed E-state index contributed by atoms with van der Waals surface area (Å²) in [6, 6.07) is 6.12. The molecular formula is C16H18O8. The quantitative estimate of drug-likeness (QED) is 0.540. The van der Waals surface area contributed by atoms with Crippen molar-refractivity contribution in [2.75, 3.05) is 6.61 Å². The number of ether oxygens (including phenoxy) is 2. The lowest BCUT2D eigenvalue weighted by atomic mass is 9.99. The molecule has 0 saturated carbocycles. The Morgan fingerprint density at radius 1 is 1.12 bits per heavy atom. The molecule has 130 valence electrons. The van der Waals surface area contributed by atoms with Crippen molar-refractivity contribution in [2.45, 2.75) is 37.6 Å². The number of fused-ring (bicyclic) bond motifs is 1. The van der Waals surface area contributed by atoms with Crippen molar-refractivity contribution in [1.29, 1.82) is 0 Å². The van der Waals surface area contributed by atoms with E-state index in [4.69, 9.17) is 19.0 Å². The minimum atomic E-state index is -1.53. The summed E-state index contributed by atoms with van der Waals surface area (Å²) < 4.78 is 15.9. The predicted molar refractivity (Wildman–Crippen MR) is 81.6 cm³/mol. The van der Waals surface area contributed by atoms with Gasteiger partial charge in [0.2, 0.25) is 6.29 Å². The molecule has 0 spiro atoms. The van der Waals surface area contributed by atoms with Gasteiger partial charge in [0.05, 0.1) is 6.61 Å². The van der Waals surface area contributed by atoms with Crippen molar-refractivity contribution >= 4 is 11.0 Å². The van der Waals surface area contributed by atoms with Gasteiger partial charge in [0.15, 0.2) is 0 Å². The molecule has 1 aromatic heterocycles. The molecule has 5 atom stereocenters. The second-order valence-electron chi connectivity index (χ2n) is 5.72. The van der Waals surface area contributed by atoms with Crippen molar-refractivity contribution in [3.8, 4) is 5.75 Å². The van der Waals surface area contributed by atoms with E-state index in [9.17, 15) is 20.1 Å². The average Bonchev–Trinajstić information content (AvgIpc) is 2.55. The van der Waals surface area contributed by atoms with Gasteiger partial charge in [-0.05, 0) is 24.6 Å². The van der Waals surface area contributed by atoms with Gasteiger partial charge in [-0.15, -0.1) is 0 Å². The van der Waals surface area contributed by atoms with Crippen LogP contribution in [0.5, 0.6) is 5.75 Å². The standard InChI is InChI=1S/C16H18O8/c1-7-4-12(18)23-10-5-8(2-3-9(7)10)22-16-15(21)14(20)13(19)11(6-17)24-16/h2-5,11,13-17,19-21H,6H2,1H3/t11?,13-,14-,15?,16+/m0/s1. The molecule has 2 aromatic rings. The molecule has 1 saturated heterocycles. The van der Waals surface area contributed by atoms with Gasteiger partial charge >= 0.3 is 5.63 Å². The number of hydrogen-bond acceptors (Lipinski definition) is 8. The molecule has 3 rings (SSSR count). The Hall–Kier alpha value is -1.97. The second kappa shape index (κ2) is 6.50. The van der Waals surface area contributed by atoms with Crippen LogP contribution in [0.2, 0.25) is 0 Å². The molecule has 2 heterocycles. The molecule has 4 N–H and O–H groups in total. The summed E-state index contributed by atoms with van der Waals surface area (Å²) in [5, 5.41) is 39.4. The molecule has 24 heavy (non-hydrogen) atoms. The highest BCUT2D eigenvalue weighted by Gasteiger charge is 2.44. The largest absolute Gasteiger partial charge is 0.462 e. The minimum absolute atomic E-state index is 0.237. The fourth-order valence-electron chi connectivity index (χ4n) is 2.68. The van der Waals surface area contributed by atoms with E-state index < -0.39 is 42.9 Å². The van der Waals surface area contributed by atoms with Crippen molar-refractivity contribution in [2.24, 2.45) is 0 Å². The smallest absolute Gasteiger partial charge is 0.336 e. The summed E-state index contributed by atoms with van der Waals surface area (Å²) in [6.45, 7) is 1.23. The molecule has 8 heteroatoms. The molecule has 0 radical (unpaired) electrons. The maximum Gasteiger partial charge on any atom is 0.336 e. The molecule has 1 aliphatic rings. The highest BCUT2D eigenvalue weighted by Crippen LogP contribution is 2.27. The molecule has 0 bridgehead atoms. The third-order valence-electron chi connectivity index (χ3n) is 4.02. The Balaban J connectivity index is 1.87. The van der Waals surface area contributed by atoms with Crippen molar-refractivity contribution < 1.29 is 34.3 Å². The van der Waals surface area contributed by atoms with E-state index in [1.54, 1.807) is 19.1 Å². The zero-order chi connectivity index (χ0) is 17.4. The van der Waals surface area contributed by atoms with Crippen LogP contribution in [-0.2, 0) is 4.74 Å². The van der Waals surface area contributed by atoms with Crippen LogP contribution in [0.1, 0.15) is 5.56 Å². The summed E-state index contributed by atoms with van der Waals surface area (Å²) >= 11 is 0. The summed E-state index contributed by atoms with van der Waals surface area (Å²) in [7, 11) is 0. The number of aryl methyl sites for hydroxylation is 1. The Labute approximate surface area is 136 Å². The van der Waals surface area contributed by atoms with Gasteiger partial charge in [-0.3, -0.25) is 0 Å². The average molecular weight is 338 g/mol. The fourth-order valence-corrected chi connectivity index (χ4v) is 2.68. The maximum atomic E-state index is 11.5. The monoisotopic (exact) mass is 338 g/mol. The minimum Gasteiger partial charge on any atom is -0.462 e. The first-order valence-electron chi connectivity index (χ1n) is 7.42. The van der Waals surface area contributed by atoms with Gasteiger partial charge < -0.3 is 34.3 Å². The van der Waals surface area contributed by atoms with E-state index in [0.29, 0.717) is 5.58 Å². The van der Waals surface area contributed by atoms with Crippen molar-refractivity contribution in [3.63, 3.8) is 0 Å². The molecule has 1 aliphatic heterocycles. The van der Waals surface area contributed by atoms with Crippen molar-refractivity contribution in [3.05, 3.63) is 40.2 Å². The molecule has 0 aliphatic carbocycles. The van der Waals surface area contributed by atoms with Crippen LogP contribution in [0.3, 0.4) is 0 Å². The maximum absolute atomic E-state index is 11.5. The molecule has 2 unspecified atom stereocenters. The highest BCUT2D eigenvalue weighted by atomic mass is 16.7. The molecule has 1 fully saturated rings. The lowest BCUT2D eigenvalue weighted by Gasteiger charge is -2.39. The van der Waals surface area contributed by atoms with E-state index in [0.717, 1.165) is 10.9 Å². The van der Waals surface area contributed by atoms with Gasteiger partial charge in [0, 0.05) is 17.5 Å². The van der Waals surface area contributed by atoms with E-state index in [2.05, 4.69) is 0 Å². The third kappa shape index (κ3) is 3.02. The second-order valence-corrected chi connectivity index (χ2v) is 5.72. The predicted octanol–water partition coefficient (Wildman–Crippen LogP) is -0.720. The lowest BCUT2D eigenvalue weighted by Crippen LogP contribution is -2.60. The summed E-state index contributed by atoms with van der Waals surface area (Å²) in [4.78, 5) is 11.5. The van der Waals surface area contributed by atoms with Crippen LogP contribution in [0, 0.1) is 6.92 Å². The van der Waals surface area contributed by atoms with Crippen molar-refractivity contribution in [1.82, 2.24) is 0 Å². The number of hydrogen-bond donors (Lipinski definition) is 4. The summed E-state index contributed by atoms with van der Waals surface area (Å²) in [6.07, 6.45) is -6.85. The molecule has 8 nitrogen and oxygen atoms in total. The first-order valence-corrected chi connectivity index (χ1v) is 7.42. The third-order valence-corrected chi connectivity index (χ3v) is 4.02. The van der Waals surface area contributed by atoms with E-state index in [1.807, 2.05) is 0 Å². The summed E-state index contributed by atoms with van der Waals surface area (Å²) in [5.41, 5.74) is 0.563. The topological polar surface area (TPSA) is 130 Å². The van der Waals surface area contributed by atoms with Gasteiger partial charge in [-0.25, -0.2) is 4.79 Å². The van der Waals surface area contributed by atoms with Crippen LogP contribution in [0.4, 0.5) is 0 Å². The SMILES string of the molecule is Cc1cc(=O)oc2cc(O[C@@H]3OC(CO)[C@H](O)[C@H](O)C3O)ccc12. The van der Waals surface area contributed by atoms with Crippen LogP contribution in [0.25, 0.3) is 11.0 Å². The Kier molecular flexibility index (Phi) is 4.57. The first kappa shape index (κ1) is 16.9. The zero-order valence-electron chi connectivity index (χ0n) is 12.8. The Morgan fingerprint density at radius 3 is 2.58 bits per heavy atom. The number of aliphatic hydroxyl groups excluding tert-OH is 4. The van der Waals surface area contributed by atoms with E-state index in [-0.39, 0.29) is 5.75 Å². The van der Waals surface area contributed by atoms with Gasteiger partial charge in [0.1, 0.15) is 35.7 Å². The number of aliphatic hydroxyl groups is 4. The van der Waals surface area contributed by atoms with E-state index >= 15 is 0 Å². The Bertz CT molecular complexity index is 783. The first-order chi connectivity index (χ1) is 11.4. The molecule has 0 amide bonds.